The lowest BCUT2D eigenvalue weighted by atomic mass is 10.1. The minimum absolute atomic E-state index is 0.0138. The molecule has 0 N–H and O–H groups in total. The molecule has 0 radical (unpaired) electrons. The predicted molar refractivity (Wildman–Crippen MR) is 117 cm³/mol. The maximum atomic E-state index is 12.9. The highest BCUT2D eigenvalue weighted by atomic mass is 32.1. The Morgan fingerprint density at radius 1 is 1.03 bits per heavy atom. The van der Waals surface area contributed by atoms with Gasteiger partial charge in [-0.3, -0.25) is 4.79 Å². The largest absolute Gasteiger partial charge is 0.467 e. The molecule has 0 fully saturated rings. The number of hydrogen-bond donors (Lipinski definition) is 0. The Bertz CT molecular complexity index is 1110. The summed E-state index contributed by atoms with van der Waals surface area (Å²) in [6.07, 6.45) is 1.48. The Balaban J connectivity index is 1.61. The molecule has 6 heteroatoms. The fraction of sp³-hybridized carbons (Fsp3) is 0.174. The summed E-state index contributed by atoms with van der Waals surface area (Å²) in [5.74, 6) is 0.315. The summed E-state index contributed by atoms with van der Waals surface area (Å²) in [4.78, 5) is 24.2. The van der Waals surface area contributed by atoms with Crippen molar-refractivity contribution in [3.63, 3.8) is 0 Å². The van der Waals surface area contributed by atoms with Crippen LogP contribution in [0.25, 0.3) is 21.3 Å². The van der Waals surface area contributed by atoms with Crippen LogP contribution >= 0.6 is 11.3 Å². The average molecular weight is 404 g/mol. The Kier molecular flexibility index (Phi) is 5.53. The zero-order valence-corrected chi connectivity index (χ0v) is 17.1. The number of benzene rings is 2. The number of amides is 1. The van der Waals surface area contributed by atoms with E-state index >= 15 is 0 Å². The fourth-order valence-corrected chi connectivity index (χ4v) is 4.21. The van der Waals surface area contributed by atoms with E-state index in [1.807, 2.05) is 79.9 Å². The van der Waals surface area contributed by atoms with Crippen LogP contribution in [-0.2, 0) is 4.79 Å². The number of para-hydroxylation sites is 1. The molecule has 0 unspecified atom stereocenters. The molecule has 0 saturated heterocycles. The molecule has 2 aromatic carbocycles. The van der Waals surface area contributed by atoms with Gasteiger partial charge in [-0.15, -0.1) is 11.3 Å². The molecule has 0 spiro atoms. The lowest BCUT2D eigenvalue weighted by Gasteiger charge is -2.26. The molecule has 0 aliphatic rings. The second-order valence-electron chi connectivity index (χ2n) is 6.86. The molecule has 4 aromatic rings. The molecule has 146 valence electrons. The van der Waals surface area contributed by atoms with Gasteiger partial charge in [0.15, 0.2) is 6.61 Å². The van der Waals surface area contributed by atoms with Crippen molar-refractivity contribution in [3.8, 4) is 17.0 Å². The third-order valence-corrected chi connectivity index (χ3v) is 5.46. The summed E-state index contributed by atoms with van der Waals surface area (Å²) in [6.45, 7) is 3.88. The van der Waals surface area contributed by atoms with Crippen molar-refractivity contribution in [1.82, 2.24) is 9.97 Å². The zero-order chi connectivity index (χ0) is 20.2. The molecule has 2 aromatic heterocycles. The zero-order valence-electron chi connectivity index (χ0n) is 16.3. The SMILES string of the molecule is CC(C)N(C(=O)COc1ncnc2scc(-c3ccccc3)c12)c1ccccc1. The van der Waals surface area contributed by atoms with Gasteiger partial charge in [-0.25, -0.2) is 9.97 Å². The second-order valence-corrected chi connectivity index (χ2v) is 7.71. The number of aromatic nitrogens is 2. The molecule has 4 rings (SSSR count). The normalized spacial score (nSPS) is 11.0. The van der Waals surface area contributed by atoms with Crippen molar-refractivity contribution in [1.29, 1.82) is 0 Å². The molecule has 1 amide bonds. The monoisotopic (exact) mass is 403 g/mol. The van der Waals surface area contributed by atoms with E-state index in [4.69, 9.17) is 4.74 Å². The first-order valence-electron chi connectivity index (χ1n) is 9.42. The number of thiophene rings is 1. The molecule has 0 bridgehead atoms. The van der Waals surface area contributed by atoms with E-state index < -0.39 is 0 Å². The van der Waals surface area contributed by atoms with Crippen LogP contribution in [0.15, 0.2) is 72.4 Å². The van der Waals surface area contributed by atoms with Crippen LogP contribution in [0.1, 0.15) is 13.8 Å². The van der Waals surface area contributed by atoms with E-state index in [1.165, 1.54) is 17.7 Å². The molecule has 0 aliphatic carbocycles. The molecule has 2 heterocycles. The van der Waals surface area contributed by atoms with Crippen LogP contribution in [0, 0.1) is 0 Å². The van der Waals surface area contributed by atoms with Crippen molar-refractivity contribution in [2.45, 2.75) is 19.9 Å². The highest BCUT2D eigenvalue weighted by Gasteiger charge is 2.21. The van der Waals surface area contributed by atoms with Gasteiger partial charge in [-0.05, 0) is 31.5 Å². The standard InChI is InChI=1S/C23H21N3O2S/c1-16(2)26(18-11-7-4-8-12-18)20(27)13-28-22-21-19(17-9-5-3-6-10-17)14-29-23(21)25-15-24-22/h3-12,14-16H,13H2,1-2H3. The number of carbonyl (C=O) groups excluding carboxylic acids is 1. The second kappa shape index (κ2) is 8.41. The van der Waals surface area contributed by atoms with Gasteiger partial charge in [0.2, 0.25) is 5.88 Å². The summed E-state index contributed by atoms with van der Waals surface area (Å²) in [5, 5.41) is 2.89. The lowest BCUT2D eigenvalue weighted by Crippen LogP contribution is -2.40. The van der Waals surface area contributed by atoms with Gasteiger partial charge in [-0.1, -0.05) is 48.5 Å². The molecular formula is C23H21N3O2S. The summed E-state index contributed by atoms with van der Waals surface area (Å²) in [7, 11) is 0. The predicted octanol–water partition coefficient (Wildman–Crippen LogP) is 5.18. The van der Waals surface area contributed by atoms with Gasteiger partial charge >= 0.3 is 0 Å². The molecule has 29 heavy (non-hydrogen) atoms. The summed E-state index contributed by atoms with van der Waals surface area (Å²) in [5.41, 5.74) is 2.93. The number of carbonyl (C=O) groups is 1. The Labute approximate surface area is 173 Å². The number of fused-ring (bicyclic) bond motifs is 1. The summed E-state index contributed by atoms with van der Waals surface area (Å²) in [6, 6.07) is 19.7. The van der Waals surface area contributed by atoms with Gasteiger partial charge in [0, 0.05) is 22.7 Å². The minimum Gasteiger partial charge on any atom is -0.467 e. The van der Waals surface area contributed by atoms with Crippen LogP contribution in [-0.4, -0.2) is 28.5 Å². The van der Waals surface area contributed by atoms with Crippen molar-refractivity contribution in [2.24, 2.45) is 0 Å². The molecule has 0 saturated carbocycles. The van der Waals surface area contributed by atoms with Crippen molar-refractivity contribution in [3.05, 3.63) is 72.4 Å². The van der Waals surface area contributed by atoms with Crippen LogP contribution < -0.4 is 9.64 Å². The van der Waals surface area contributed by atoms with Crippen LogP contribution in [0.5, 0.6) is 5.88 Å². The van der Waals surface area contributed by atoms with E-state index in [-0.39, 0.29) is 18.6 Å². The Hall–Kier alpha value is -3.25. The smallest absolute Gasteiger partial charge is 0.265 e. The molecule has 5 nitrogen and oxygen atoms in total. The van der Waals surface area contributed by atoms with Gasteiger partial charge < -0.3 is 9.64 Å². The van der Waals surface area contributed by atoms with E-state index in [2.05, 4.69) is 9.97 Å². The fourth-order valence-electron chi connectivity index (χ4n) is 3.31. The lowest BCUT2D eigenvalue weighted by molar-refractivity contribution is -0.121. The average Bonchev–Trinajstić information content (AvgIpc) is 3.18. The molecule has 0 aliphatic heterocycles. The van der Waals surface area contributed by atoms with Gasteiger partial charge in [0.05, 0.1) is 5.39 Å². The highest BCUT2D eigenvalue weighted by molar-refractivity contribution is 7.17. The van der Waals surface area contributed by atoms with Crippen molar-refractivity contribution in [2.75, 3.05) is 11.5 Å². The van der Waals surface area contributed by atoms with E-state index in [0.29, 0.717) is 5.88 Å². The number of hydrogen-bond acceptors (Lipinski definition) is 5. The maximum absolute atomic E-state index is 12.9. The third kappa shape index (κ3) is 3.98. The quantitative estimate of drug-likeness (QED) is 0.445. The number of ether oxygens (including phenoxy) is 1. The highest BCUT2D eigenvalue weighted by Crippen LogP contribution is 2.37. The van der Waals surface area contributed by atoms with Crippen LogP contribution in [0.3, 0.4) is 0 Å². The summed E-state index contributed by atoms with van der Waals surface area (Å²) >= 11 is 1.54. The third-order valence-electron chi connectivity index (χ3n) is 4.57. The number of anilines is 1. The Morgan fingerprint density at radius 3 is 2.41 bits per heavy atom. The van der Waals surface area contributed by atoms with E-state index in [0.717, 1.165) is 27.0 Å². The van der Waals surface area contributed by atoms with Gasteiger partial charge in [0.25, 0.3) is 5.91 Å². The van der Waals surface area contributed by atoms with Crippen molar-refractivity contribution >= 4 is 33.1 Å². The number of rotatable bonds is 6. The maximum Gasteiger partial charge on any atom is 0.265 e. The number of nitrogens with zero attached hydrogens (tertiary/aromatic N) is 3. The first kappa shape index (κ1) is 19.1. The van der Waals surface area contributed by atoms with Crippen LogP contribution in [0.4, 0.5) is 5.69 Å². The first-order valence-corrected chi connectivity index (χ1v) is 10.3. The first-order chi connectivity index (χ1) is 14.1. The van der Waals surface area contributed by atoms with Gasteiger partial charge in [0.1, 0.15) is 11.2 Å². The minimum atomic E-state index is -0.116. The van der Waals surface area contributed by atoms with Crippen LogP contribution in [0.2, 0.25) is 0 Å². The van der Waals surface area contributed by atoms with Gasteiger partial charge in [-0.2, -0.15) is 0 Å². The summed E-state index contributed by atoms with van der Waals surface area (Å²) < 4.78 is 5.92. The Morgan fingerprint density at radius 2 is 1.72 bits per heavy atom. The van der Waals surface area contributed by atoms with Crippen molar-refractivity contribution < 1.29 is 9.53 Å². The van der Waals surface area contributed by atoms with E-state index in [9.17, 15) is 4.79 Å². The van der Waals surface area contributed by atoms with E-state index in [1.54, 1.807) is 4.90 Å². The molecule has 0 atom stereocenters. The molecular weight excluding hydrogens is 382 g/mol. The topological polar surface area (TPSA) is 55.3 Å².